The third-order valence-corrected chi connectivity index (χ3v) is 2.65. The monoisotopic (exact) mass is 254 g/mol. The lowest BCUT2D eigenvalue weighted by Gasteiger charge is -2.01. The van der Waals surface area contributed by atoms with Crippen LogP contribution in [0.15, 0.2) is 35.3 Å². The molecule has 1 aromatic carbocycles. The lowest BCUT2D eigenvalue weighted by molar-refractivity contribution is 0.0695. The maximum atomic E-state index is 11.9. The second-order valence-corrected chi connectivity index (χ2v) is 3.91. The number of aromatic nitrogens is 1. The van der Waals surface area contributed by atoms with Gasteiger partial charge in [-0.2, -0.15) is 5.26 Å². The molecule has 0 radical (unpaired) electrons. The van der Waals surface area contributed by atoms with Gasteiger partial charge in [0.05, 0.1) is 12.5 Å². The first-order valence-electron chi connectivity index (χ1n) is 5.55. The molecule has 1 aromatic heterocycles. The highest BCUT2D eigenvalue weighted by Gasteiger charge is 2.10. The lowest BCUT2D eigenvalue weighted by atomic mass is 10.1. The number of hydrogen-bond acceptors (Lipinski definition) is 3. The van der Waals surface area contributed by atoms with Crippen LogP contribution >= 0.6 is 0 Å². The Balaban J connectivity index is 2.53. The summed E-state index contributed by atoms with van der Waals surface area (Å²) in [4.78, 5) is 25.5. The zero-order chi connectivity index (χ0) is 13.8. The topological polar surface area (TPSA) is 93.9 Å². The molecule has 0 aliphatic heterocycles. The van der Waals surface area contributed by atoms with Crippen molar-refractivity contribution in [3.63, 3.8) is 0 Å². The van der Waals surface area contributed by atoms with Gasteiger partial charge in [0.25, 0.3) is 0 Å². The van der Waals surface area contributed by atoms with E-state index in [-0.39, 0.29) is 5.56 Å². The number of aromatic amines is 1. The molecule has 19 heavy (non-hydrogen) atoms. The van der Waals surface area contributed by atoms with E-state index in [4.69, 9.17) is 10.4 Å². The molecule has 2 rings (SSSR count). The minimum atomic E-state index is -1.25. The second kappa shape index (κ2) is 5.19. The first-order valence-corrected chi connectivity index (χ1v) is 5.55. The van der Waals surface area contributed by atoms with E-state index in [0.29, 0.717) is 17.3 Å². The van der Waals surface area contributed by atoms with E-state index in [1.54, 1.807) is 30.4 Å². The Hall–Kier alpha value is -2.87. The van der Waals surface area contributed by atoms with Crippen LogP contribution in [0.5, 0.6) is 0 Å². The molecule has 0 atom stereocenters. The van der Waals surface area contributed by atoms with Crippen molar-refractivity contribution in [3.8, 4) is 6.07 Å². The van der Waals surface area contributed by atoms with Crippen LogP contribution in [0.4, 0.5) is 0 Å². The van der Waals surface area contributed by atoms with Crippen molar-refractivity contribution in [2.24, 2.45) is 0 Å². The predicted octanol–water partition coefficient (Wildman–Crippen LogP) is 2.15. The fourth-order valence-corrected chi connectivity index (χ4v) is 1.75. The third-order valence-electron chi connectivity index (χ3n) is 2.65. The van der Waals surface area contributed by atoms with Crippen LogP contribution < -0.4 is 5.43 Å². The van der Waals surface area contributed by atoms with Gasteiger partial charge in [-0.25, -0.2) is 4.79 Å². The van der Waals surface area contributed by atoms with E-state index < -0.39 is 11.4 Å². The Labute approximate surface area is 108 Å². The van der Waals surface area contributed by atoms with Crippen LogP contribution in [0.1, 0.15) is 22.3 Å². The average Bonchev–Trinajstić information content (AvgIpc) is 2.39. The van der Waals surface area contributed by atoms with Gasteiger partial charge >= 0.3 is 5.97 Å². The summed E-state index contributed by atoms with van der Waals surface area (Å²) < 4.78 is 0. The number of nitrogens with one attached hydrogen (secondary N) is 1. The SMILES string of the molecule is N#CCC=Cc1ccc2c(=O)c(C(=O)O)c[nH]c2c1. The zero-order valence-electron chi connectivity index (χ0n) is 9.88. The number of nitrogens with zero attached hydrogens (tertiary/aromatic N) is 1. The standard InChI is InChI=1S/C14H10N2O3/c15-6-2-1-3-9-4-5-10-12(7-9)16-8-11(13(10)17)14(18)19/h1,3-5,7-8H,2H2,(H,16,17)(H,18,19). The number of carbonyl (C=O) groups is 1. The van der Waals surface area contributed by atoms with Crippen molar-refractivity contribution in [2.75, 3.05) is 0 Å². The minimum absolute atomic E-state index is 0.278. The number of carboxylic acid groups (broad SMARTS) is 1. The van der Waals surface area contributed by atoms with E-state index >= 15 is 0 Å². The van der Waals surface area contributed by atoms with Gasteiger partial charge in [-0.05, 0) is 17.7 Å². The summed E-state index contributed by atoms with van der Waals surface area (Å²) in [5.41, 5.74) is 0.615. The molecule has 0 aliphatic carbocycles. The van der Waals surface area contributed by atoms with Gasteiger partial charge in [0.15, 0.2) is 0 Å². The number of fused-ring (bicyclic) bond motifs is 1. The number of H-pyrrole nitrogens is 1. The van der Waals surface area contributed by atoms with Crippen molar-refractivity contribution in [3.05, 3.63) is 51.8 Å². The van der Waals surface area contributed by atoms with E-state index in [2.05, 4.69) is 4.98 Å². The molecule has 5 nitrogen and oxygen atoms in total. The number of pyridine rings is 1. The van der Waals surface area contributed by atoms with Crippen LogP contribution in [-0.2, 0) is 0 Å². The van der Waals surface area contributed by atoms with Gasteiger partial charge in [0.1, 0.15) is 5.56 Å². The summed E-state index contributed by atoms with van der Waals surface area (Å²) >= 11 is 0. The number of rotatable bonds is 3. The molecular formula is C14H10N2O3. The Morgan fingerprint density at radius 1 is 1.47 bits per heavy atom. The van der Waals surface area contributed by atoms with Crippen LogP contribution in [-0.4, -0.2) is 16.1 Å². The molecule has 2 aromatic rings. The van der Waals surface area contributed by atoms with Crippen molar-refractivity contribution < 1.29 is 9.90 Å². The number of carboxylic acids is 1. The summed E-state index contributed by atoms with van der Waals surface area (Å²) in [6, 6.07) is 7.01. The largest absolute Gasteiger partial charge is 0.477 e. The average molecular weight is 254 g/mol. The molecular weight excluding hydrogens is 244 g/mol. The maximum Gasteiger partial charge on any atom is 0.341 e. The number of aromatic carboxylic acids is 1. The smallest absolute Gasteiger partial charge is 0.341 e. The van der Waals surface area contributed by atoms with Gasteiger partial charge < -0.3 is 10.1 Å². The molecule has 94 valence electrons. The molecule has 0 amide bonds. The van der Waals surface area contributed by atoms with Crippen LogP contribution in [0.25, 0.3) is 17.0 Å². The summed E-state index contributed by atoms with van der Waals surface area (Å²) in [6.45, 7) is 0. The number of allylic oxidation sites excluding steroid dienone is 1. The maximum absolute atomic E-state index is 11.9. The first-order chi connectivity index (χ1) is 9.13. The molecule has 0 fully saturated rings. The Morgan fingerprint density at radius 3 is 2.95 bits per heavy atom. The lowest BCUT2D eigenvalue weighted by Crippen LogP contribution is -2.15. The van der Waals surface area contributed by atoms with Gasteiger partial charge in [0.2, 0.25) is 5.43 Å². The summed E-state index contributed by atoms with van der Waals surface area (Å²) in [5.74, 6) is -1.25. The third kappa shape index (κ3) is 2.53. The Kier molecular flexibility index (Phi) is 3.44. The molecule has 0 aliphatic rings. The highest BCUT2D eigenvalue weighted by atomic mass is 16.4. The Bertz CT molecular complexity index is 766. The molecule has 0 unspecified atom stereocenters. The van der Waals surface area contributed by atoms with Gasteiger partial charge in [0, 0.05) is 17.1 Å². The highest BCUT2D eigenvalue weighted by Crippen LogP contribution is 2.12. The van der Waals surface area contributed by atoms with Gasteiger partial charge in [-0.3, -0.25) is 4.79 Å². The van der Waals surface area contributed by atoms with Crippen molar-refractivity contribution in [2.45, 2.75) is 6.42 Å². The van der Waals surface area contributed by atoms with Gasteiger partial charge in [-0.1, -0.05) is 18.2 Å². The van der Waals surface area contributed by atoms with Crippen LogP contribution in [0.3, 0.4) is 0 Å². The molecule has 0 saturated heterocycles. The zero-order valence-corrected chi connectivity index (χ0v) is 9.88. The van der Waals surface area contributed by atoms with Crippen molar-refractivity contribution >= 4 is 22.9 Å². The van der Waals surface area contributed by atoms with Crippen LogP contribution in [0, 0.1) is 11.3 Å². The second-order valence-electron chi connectivity index (χ2n) is 3.91. The minimum Gasteiger partial charge on any atom is -0.477 e. The fraction of sp³-hybridized carbons (Fsp3) is 0.0714. The normalized spacial score (nSPS) is 10.7. The molecule has 0 bridgehead atoms. The number of nitriles is 1. The van der Waals surface area contributed by atoms with Crippen molar-refractivity contribution in [1.82, 2.24) is 4.98 Å². The highest BCUT2D eigenvalue weighted by molar-refractivity contribution is 5.92. The first kappa shape index (κ1) is 12.6. The van der Waals surface area contributed by atoms with E-state index in [9.17, 15) is 9.59 Å². The molecule has 0 saturated carbocycles. The quantitative estimate of drug-likeness (QED) is 0.877. The summed E-state index contributed by atoms with van der Waals surface area (Å²) in [7, 11) is 0. The summed E-state index contributed by atoms with van der Waals surface area (Å²) in [6.07, 6.45) is 4.99. The molecule has 2 N–H and O–H groups in total. The van der Waals surface area contributed by atoms with E-state index in [1.807, 2.05) is 6.07 Å². The molecule has 0 spiro atoms. The van der Waals surface area contributed by atoms with Crippen LogP contribution in [0.2, 0.25) is 0 Å². The molecule has 5 heteroatoms. The molecule has 1 heterocycles. The fourth-order valence-electron chi connectivity index (χ4n) is 1.75. The summed E-state index contributed by atoms with van der Waals surface area (Å²) in [5, 5.41) is 17.6. The van der Waals surface area contributed by atoms with E-state index in [0.717, 1.165) is 5.56 Å². The number of hydrogen-bond donors (Lipinski definition) is 2. The predicted molar refractivity (Wildman–Crippen MR) is 70.8 cm³/mol. The van der Waals surface area contributed by atoms with Gasteiger partial charge in [-0.15, -0.1) is 0 Å². The Morgan fingerprint density at radius 2 is 2.26 bits per heavy atom. The van der Waals surface area contributed by atoms with E-state index in [1.165, 1.54) is 6.20 Å². The van der Waals surface area contributed by atoms with Crippen molar-refractivity contribution in [1.29, 1.82) is 5.26 Å². The number of benzene rings is 1.